The molecule has 0 N–H and O–H groups in total. The van der Waals surface area contributed by atoms with Crippen LogP contribution in [0.2, 0.25) is 0 Å². The van der Waals surface area contributed by atoms with Gasteiger partial charge in [-0.15, -0.1) is 10.2 Å². The number of aromatic nitrogens is 13. The van der Waals surface area contributed by atoms with Gasteiger partial charge in [0.15, 0.2) is 5.65 Å². The zero-order valence-corrected chi connectivity index (χ0v) is 32.5. The van der Waals surface area contributed by atoms with E-state index in [1.807, 2.05) is 69.0 Å². The van der Waals surface area contributed by atoms with Gasteiger partial charge in [0.2, 0.25) is 0 Å². The molecule has 272 valence electrons. The molecule has 0 radical (unpaired) electrons. The summed E-state index contributed by atoms with van der Waals surface area (Å²) in [4.78, 5) is 29.9. The molecule has 0 aromatic carbocycles. The maximum absolute atomic E-state index is 4.37. The molecule has 0 saturated carbocycles. The summed E-state index contributed by atoms with van der Waals surface area (Å²) in [6.07, 6.45) is 19.8. The summed E-state index contributed by atoms with van der Waals surface area (Å²) in [6, 6.07) is 8.10. The normalized spacial score (nSPS) is 12.2. The van der Waals surface area contributed by atoms with Gasteiger partial charge in [0, 0.05) is 70.3 Å². The highest BCUT2D eigenvalue weighted by atomic mass is 15.2. The summed E-state index contributed by atoms with van der Waals surface area (Å²) < 4.78 is 7.54. The van der Waals surface area contributed by atoms with Crippen molar-refractivity contribution in [3.05, 3.63) is 116 Å². The van der Waals surface area contributed by atoms with Gasteiger partial charge in [-0.05, 0) is 6.07 Å². The van der Waals surface area contributed by atoms with Crippen molar-refractivity contribution in [3.8, 4) is 0 Å². The fourth-order valence-electron chi connectivity index (χ4n) is 4.83. The molecular weight excluding hydrogens is 651 g/mol. The Bertz CT molecular complexity index is 2030. The van der Waals surface area contributed by atoms with Gasteiger partial charge in [-0.25, -0.2) is 34.9 Å². The summed E-state index contributed by atoms with van der Waals surface area (Å²) in [6.45, 7) is 25.7. The third-order valence-electron chi connectivity index (χ3n) is 8.13. The Kier molecular flexibility index (Phi) is 10.5. The van der Waals surface area contributed by atoms with E-state index in [-0.39, 0.29) is 21.7 Å². The number of hydrogen-bond donors (Lipinski definition) is 0. The van der Waals surface area contributed by atoms with Crippen molar-refractivity contribution < 1.29 is 0 Å². The maximum Gasteiger partial charge on any atom is 0.163 e. The average molecular weight is 702 g/mol. The van der Waals surface area contributed by atoms with E-state index in [0.717, 1.165) is 45.2 Å². The van der Waals surface area contributed by atoms with Crippen molar-refractivity contribution in [2.45, 2.75) is 105 Å². The molecule has 0 aliphatic carbocycles. The van der Waals surface area contributed by atoms with Gasteiger partial charge >= 0.3 is 0 Å². The first kappa shape index (κ1) is 37.7. The van der Waals surface area contributed by atoms with Crippen LogP contribution in [-0.2, 0) is 21.7 Å². The summed E-state index contributed by atoms with van der Waals surface area (Å²) in [5, 5.41) is 7.76. The van der Waals surface area contributed by atoms with E-state index in [1.54, 1.807) is 35.8 Å². The van der Waals surface area contributed by atoms with Crippen LogP contribution in [0.5, 0.6) is 0 Å². The second-order valence-electron chi connectivity index (χ2n) is 16.8. The molecule has 0 atom stereocenters. The van der Waals surface area contributed by atoms with Crippen LogP contribution < -0.4 is 0 Å². The van der Waals surface area contributed by atoms with Gasteiger partial charge in [0.1, 0.15) is 49.3 Å². The van der Waals surface area contributed by atoms with E-state index in [1.165, 1.54) is 0 Å². The van der Waals surface area contributed by atoms with Gasteiger partial charge in [-0.3, -0.25) is 17.6 Å². The van der Waals surface area contributed by atoms with Crippen LogP contribution >= 0.6 is 0 Å². The standard InChI is InChI=1S/3C10H13N3.C9H12N4/c1-10(2,3)9-4-8-5-11-6-13(8)7-12-9;2*1-10(2,3)8-6-9-11-4-5-13(9)7-12-8;1-9(2,3)7-4-8-12-11-6-13(8)5-10-7/h3*4-7H,1-3H3;4-6H,1-3H3. The third kappa shape index (κ3) is 9.39. The second kappa shape index (κ2) is 14.6. The van der Waals surface area contributed by atoms with Crippen molar-refractivity contribution in [1.29, 1.82) is 0 Å². The van der Waals surface area contributed by atoms with E-state index in [2.05, 4.69) is 134 Å². The van der Waals surface area contributed by atoms with E-state index in [4.69, 9.17) is 0 Å². The molecule has 8 aromatic heterocycles. The second-order valence-corrected chi connectivity index (χ2v) is 16.8. The third-order valence-corrected chi connectivity index (χ3v) is 8.13. The molecule has 13 nitrogen and oxygen atoms in total. The molecular formula is C39H51N13. The molecule has 0 bridgehead atoms. The highest BCUT2D eigenvalue weighted by Gasteiger charge is 2.18. The highest BCUT2D eigenvalue weighted by Crippen LogP contribution is 2.23. The Morgan fingerprint density at radius 2 is 0.808 bits per heavy atom. The van der Waals surface area contributed by atoms with Gasteiger partial charge in [-0.1, -0.05) is 83.1 Å². The molecule has 8 heterocycles. The molecule has 0 aliphatic heterocycles. The lowest BCUT2D eigenvalue weighted by Crippen LogP contribution is -2.13. The van der Waals surface area contributed by atoms with Crippen LogP contribution in [0.1, 0.15) is 106 Å². The summed E-state index contributed by atoms with van der Waals surface area (Å²) in [7, 11) is 0. The fourth-order valence-corrected chi connectivity index (χ4v) is 4.83. The number of fused-ring (bicyclic) bond motifs is 4. The minimum atomic E-state index is 0.0632. The minimum Gasteiger partial charge on any atom is -0.290 e. The Hall–Kier alpha value is -5.59. The molecule has 0 fully saturated rings. The lowest BCUT2D eigenvalue weighted by Gasteiger charge is -2.17. The first-order valence-corrected chi connectivity index (χ1v) is 17.3. The summed E-state index contributed by atoms with van der Waals surface area (Å²) in [5.74, 6) is 0. The zero-order valence-electron chi connectivity index (χ0n) is 32.5. The summed E-state index contributed by atoms with van der Waals surface area (Å²) in [5.41, 5.74) is 8.49. The molecule has 0 amide bonds. The molecule has 8 rings (SSSR count). The zero-order chi connectivity index (χ0) is 37.9. The van der Waals surface area contributed by atoms with E-state index >= 15 is 0 Å². The molecule has 13 heteroatoms. The first-order valence-electron chi connectivity index (χ1n) is 17.3. The van der Waals surface area contributed by atoms with Crippen molar-refractivity contribution >= 4 is 22.5 Å². The first-order chi connectivity index (χ1) is 24.3. The van der Waals surface area contributed by atoms with Crippen LogP contribution in [0.25, 0.3) is 22.5 Å². The van der Waals surface area contributed by atoms with Crippen molar-refractivity contribution in [2.75, 3.05) is 0 Å². The molecule has 0 aliphatic rings. The average Bonchev–Trinajstić information content (AvgIpc) is 3.89. The van der Waals surface area contributed by atoms with Crippen LogP contribution in [0, 0.1) is 0 Å². The molecule has 0 unspecified atom stereocenters. The molecule has 0 spiro atoms. The number of imidazole rings is 3. The lowest BCUT2D eigenvalue weighted by atomic mass is 9.92. The number of hydrogen-bond acceptors (Lipinski definition) is 9. The Labute approximate surface area is 305 Å². The topological polar surface area (TPSA) is 134 Å². The minimum absolute atomic E-state index is 0.0632. The van der Waals surface area contributed by atoms with Crippen LogP contribution in [0.15, 0.2) is 93.2 Å². The van der Waals surface area contributed by atoms with Crippen molar-refractivity contribution in [3.63, 3.8) is 0 Å². The van der Waals surface area contributed by atoms with Crippen LogP contribution in [-0.4, -0.2) is 62.7 Å². The number of rotatable bonds is 0. The van der Waals surface area contributed by atoms with Crippen LogP contribution in [0.4, 0.5) is 0 Å². The van der Waals surface area contributed by atoms with Gasteiger partial charge < -0.3 is 0 Å². The predicted molar refractivity (Wildman–Crippen MR) is 205 cm³/mol. The summed E-state index contributed by atoms with van der Waals surface area (Å²) >= 11 is 0. The van der Waals surface area contributed by atoms with Gasteiger partial charge in [-0.2, -0.15) is 0 Å². The van der Waals surface area contributed by atoms with Gasteiger partial charge in [0.25, 0.3) is 0 Å². The van der Waals surface area contributed by atoms with E-state index < -0.39 is 0 Å². The molecule has 0 saturated heterocycles. The SMILES string of the molecule is CC(C)(C)c1cc2cncn2cn1.CC(C)(C)c1cc2nccn2cn1.CC(C)(C)c1cc2nccn2cn1.CC(C)(C)c1cc2nncn2cn1. The highest BCUT2D eigenvalue weighted by molar-refractivity contribution is 5.46. The number of nitrogens with zero attached hydrogens (tertiary/aromatic N) is 13. The van der Waals surface area contributed by atoms with Crippen LogP contribution in [0.3, 0.4) is 0 Å². The van der Waals surface area contributed by atoms with E-state index in [9.17, 15) is 0 Å². The lowest BCUT2D eigenvalue weighted by molar-refractivity contribution is 0.567. The van der Waals surface area contributed by atoms with E-state index in [0.29, 0.717) is 0 Å². The Balaban J connectivity index is 0.000000134. The molecule has 8 aromatic rings. The molecule has 52 heavy (non-hydrogen) atoms. The smallest absolute Gasteiger partial charge is 0.163 e. The fraction of sp³-hybridized carbons (Fsp3) is 0.410. The van der Waals surface area contributed by atoms with Crippen molar-refractivity contribution in [2.24, 2.45) is 0 Å². The largest absolute Gasteiger partial charge is 0.290 e. The van der Waals surface area contributed by atoms with Gasteiger partial charge in [0.05, 0.1) is 28.8 Å². The Morgan fingerprint density at radius 3 is 1.27 bits per heavy atom. The maximum atomic E-state index is 4.37. The predicted octanol–water partition coefficient (Wildman–Crippen LogP) is 7.50. The monoisotopic (exact) mass is 701 g/mol. The van der Waals surface area contributed by atoms with Crippen molar-refractivity contribution in [1.82, 2.24) is 62.7 Å². The Morgan fingerprint density at radius 1 is 0.404 bits per heavy atom. The quantitative estimate of drug-likeness (QED) is 0.158.